The van der Waals surface area contributed by atoms with Gasteiger partial charge in [0.25, 0.3) is 5.17 Å². The Balaban J connectivity index is 2.06. The van der Waals surface area contributed by atoms with E-state index in [4.69, 9.17) is 28.6 Å². The van der Waals surface area contributed by atoms with Crippen LogP contribution in [0, 0.1) is 0 Å². The second kappa shape index (κ2) is 3.99. The zero-order valence-electron chi connectivity index (χ0n) is 8.44. The number of halogens is 1. The van der Waals surface area contributed by atoms with Crippen LogP contribution in [-0.2, 0) is 9.61 Å². The fourth-order valence-electron chi connectivity index (χ4n) is 1.74. The van der Waals surface area contributed by atoms with Gasteiger partial charge in [0.05, 0.1) is 7.11 Å². The van der Waals surface area contributed by atoms with Gasteiger partial charge >= 0.3 is 0 Å². The monoisotopic (exact) mass is 241 g/mol. The summed E-state index contributed by atoms with van der Waals surface area (Å²) in [6.07, 6.45) is 0. The fourth-order valence-corrected chi connectivity index (χ4v) is 2.28. The summed E-state index contributed by atoms with van der Waals surface area (Å²) in [5.41, 5.74) is 1.14. The number of hydrogen-bond acceptors (Lipinski definition) is 2. The number of likely N-dealkylation sites (tertiary alicyclic amines) is 1. The molecule has 2 rings (SSSR count). The second-order valence-corrected chi connectivity index (χ2v) is 4.73. The highest BCUT2D eigenvalue weighted by Crippen LogP contribution is 2.38. The molecule has 0 N–H and O–H groups in total. The summed E-state index contributed by atoms with van der Waals surface area (Å²) in [5.74, 6) is 0. The number of benzene rings is 1. The highest BCUT2D eigenvalue weighted by molar-refractivity contribution is 7.80. The van der Waals surface area contributed by atoms with Crippen LogP contribution in [0.4, 0.5) is 0 Å². The van der Waals surface area contributed by atoms with E-state index < -0.39 is 0 Å². The SMILES string of the molecule is COC(=S)N1CC(Cl)(c2ccccc2)C1. The summed E-state index contributed by atoms with van der Waals surface area (Å²) in [5, 5.41) is 0.516. The summed E-state index contributed by atoms with van der Waals surface area (Å²) in [6, 6.07) is 10.1. The van der Waals surface area contributed by atoms with E-state index in [1.807, 2.05) is 35.2 Å². The number of methoxy groups -OCH3 is 1. The molecule has 1 saturated heterocycles. The summed E-state index contributed by atoms with van der Waals surface area (Å²) in [7, 11) is 1.58. The normalized spacial score (nSPS) is 18.1. The molecule has 0 aliphatic carbocycles. The highest BCUT2D eigenvalue weighted by atomic mass is 35.5. The van der Waals surface area contributed by atoms with E-state index in [2.05, 4.69) is 0 Å². The van der Waals surface area contributed by atoms with E-state index in [0.717, 1.165) is 5.56 Å². The van der Waals surface area contributed by atoms with Gasteiger partial charge in [-0.05, 0) is 17.8 Å². The van der Waals surface area contributed by atoms with E-state index in [1.54, 1.807) is 7.11 Å². The smallest absolute Gasteiger partial charge is 0.259 e. The van der Waals surface area contributed by atoms with Crippen molar-refractivity contribution in [2.75, 3.05) is 20.2 Å². The maximum absolute atomic E-state index is 6.47. The van der Waals surface area contributed by atoms with Crippen LogP contribution < -0.4 is 0 Å². The van der Waals surface area contributed by atoms with Crippen LogP contribution in [0.15, 0.2) is 30.3 Å². The molecule has 0 spiro atoms. The molecule has 1 fully saturated rings. The third-order valence-electron chi connectivity index (χ3n) is 2.61. The van der Waals surface area contributed by atoms with Crippen LogP contribution in [0.2, 0.25) is 0 Å². The zero-order valence-corrected chi connectivity index (χ0v) is 10.0. The number of ether oxygens (including phenoxy) is 1. The van der Waals surface area contributed by atoms with Gasteiger partial charge in [-0.2, -0.15) is 0 Å². The minimum Gasteiger partial charge on any atom is -0.474 e. The number of nitrogens with zero attached hydrogens (tertiary/aromatic N) is 1. The van der Waals surface area contributed by atoms with Crippen molar-refractivity contribution in [3.05, 3.63) is 35.9 Å². The lowest BCUT2D eigenvalue weighted by molar-refractivity contribution is 0.173. The van der Waals surface area contributed by atoms with Gasteiger partial charge in [0.1, 0.15) is 4.87 Å². The van der Waals surface area contributed by atoms with Gasteiger partial charge in [-0.3, -0.25) is 0 Å². The van der Waals surface area contributed by atoms with Gasteiger partial charge in [0.2, 0.25) is 0 Å². The van der Waals surface area contributed by atoms with Gasteiger partial charge in [-0.1, -0.05) is 30.3 Å². The van der Waals surface area contributed by atoms with E-state index >= 15 is 0 Å². The van der Waals surface area contributed by atoms with Crippen LogP contribution >= 0.6 is 23.8 Å². The summed E-state index contributed by atoms with van der Waals surface area (Å²) in [6.45, 7) is 1.43. The van der Waals surface area contributed by atoms with Gasteiger partial charge < -0.3 is 9.64 Å². The molecule has 0 amide bonds. The Hall–Kier alpha value is -0.800. The third-order valence-corrected chi connectivity index (χ3v) is 3.49. The number of alkyl halides is 1. The largest absolute Gasteiger partial charge is 0.474 e. The summed E-state index contributed by atoms with van der Waals surface area (Å²) < 4.78 is 4.98. The molecule has 4 heteroatoms. The Kier molecular flexibility index (Phi) is 2.85. The van der Waals surface area contributed by atoms with Crippen LogP contribution in [-0.4, -0.2) is 30.3 Å². The van der Waals surface area contributed by atoms with Crippen molar-refractivity contribution in [3.63, 3.8) is 0 Å². The minimum absolute atomic E-state index is 0.302. The molecule has 0 unspecified atom stereocenters. The molecule has 1 heterocycles. The zero-order chi connectivity index (χ0) is 10.9. The summed E-state index contributed by atoms with van der Waals surface area (Å²) >= 11 is 11.5. The lowest BCUT2D eigenvalue weighted by Crippen LogP contribution is -2.58. The predicted molar refractivity (Wildman–Crippen MR) is 65.2 cm³/mol. The first-order valence-corrected chi connectivity index (χ1v) is 5.52. The number of rotatable bonds is 1. The molecule has 1 aromatic carbocycles. The fraction of sp³-hybridized carbons (Fsp3) is 0.364. The lowest BCUT2D eigenvalue weighted by atomic mass is 9.91. The van der Waals surface area contributed by atoms with Gasteiger partial charge in [0.15, 0.2) is 0 Å². The maximum atomic E-state index is 6.47. The quantitative estimate of drug-likeness (QED) is 0.553. The van der Waals surface area contributed by atoms with E-state index in [-0.39, 0.29) is 4.87 Å². The van der Waals surface area contributed by atoms with Crippen LogP contribution in [0.1, 0.15) is 5.56 Å². The first-order valence-electron chi connectivity index (χ1n) is 4.73. The second-order valence-electron chi connectivity index (χ2n) is 3.66. The highest BCUT2D eigenvalue weighted by Gasteiger charge is 2.44. The third kappa shape index (κ3) is 1.94. The molecule has 80 valence electrons. The average Bonchev–Trinajstić information content (AvgIpc) is 2.25. The Morgan fingerprint density at radius 3 is 2.53 bits per heavy atom. The van der Waals surface area contributed by atoms with Crippen molar-refractivity contribution < 1.29 is 4.74 Å². The average molecular weight is 242 g/mol. The summed E-state index contributed by atoms with van der Waals surface area (Å²) in [4.78, 5) is 1.65. The van der Waals surface area contributed by atoms with Crippen molar-refractivity contribution in [2.24, 2.45) is 0 Å². The predicted octanol–water partition coefficient (Wildman–Crippen LogP) is 2.37. The number of hydrogen-bond donors (Lipinski definition) is 0. The standard InChI is InChI=1S/C11H12ClNOS/c1-14-10(15)13-7-11(12,8-13)9-5-3-2-4-6-9/h2-6H,7-8H2,1H3. The Bertz CT molecular complexity index is 362. The number of thiocarbonyl (C=S) groups is 1. The van der Waals surface area contributed by atoms with Crippen LogP contribution in [0.5, 0.6) is 0 Å². The molecule has 1 aromatic rings. The maximum Gasteiger partial charge on any atom is 0.259 e. The molecule has 0 radical (unpaired) electrons. The molecule has 15 heavy (non-hydrogen) atoms. The van der Waals surface area contributed by atoms with Crippen molar-refractivity contribution in [1.29, 1.82) is 0 Å². The molecule has 0 aromatic heterocycles. The Labute approximate surface area is 99.8 Å². The van der Waals surface area contributed by atoms with Gasteiger partial charge in [-0.15, -0.1) is 11.6 Å². The molecule has 1 aliphatic rings. The Morgan fingerprint density at radius 2 is 2.00 bits per heavy atom. The Morgan fingerprint density at radius 1 is 1.40 bits per heavy atom. The lowest BCUT2D eigenvalue weighted by Gasteiger charge is -2.46. The van der Waals surface area contributed by atoms with Crippen molar-refractivity contribution >= 4 is 29.0 Å². The minimum atomic E-state index is -0.302. The molecule has 1 aliphatic heterocycles. The molecule has 0 saturated carbocycles. The molecule has 0 atom stereocenters. The molecular formula is C11H12ClNOS. The van der Waals surface area contributed by atoms with Gasteiger partial charge in [0, 0.05) is 13.1 Å². The van der Waals surface area contributed by atoms with E-state index in [9.17, 15) is 0 Å². The van der Waals surface area contributed by atoms with Gasteiger partial charge in [-0.25, -0.2) is 0 Å². The first kappa shape index (κ1) is 10.7. The van der Waals surface area contributed by atoms with Crippen molar-refractivity contribution in [3.8, 4) is 0 Å². The molecule has 2 nitrogen and oxygen atoms in total. The van der Waals surface area contributed by atoms with Crippen LogP contribution in [0.3, 0.4) is 0 Å². The molecule has 0 bridgehead atoms. The van der Waals surface area contributed by atoms with Crippen molar-refractivity contribution in [2.45, 2.75) is 4.87 Å². The first-order chi connectivity index (χ1) is 7.15. The van der Waals surface area contributed by atoms with E-state index in [1.165, 1.54) is 0 Å². The topological polar surface area (TPSA) is 12.5 Å². The van der Waals surface area contributed by atoms with Crippen LogP contribution in [0.25, 0.3) is 0 Å². The molecular weight excluding hydrogens is 230 g/mol. The van der Waals surface area contributed by atoms with E-state index in [0.29, 0.717) is 18.3 Å². The van der Waals surface area contributed by atoms with Crippen molar-refractivity contribution in [1.82, 2.24) is 4.90 Å².